The van der Waals surface area contributed by atoms with E-state index in [1.165, 1.54) is 24.8 Å². The minimum Gasteiger partial charge on any atom is -0.495 e. The van der Waals surface area contributed by atoms with Crippen molar-refractivity contribution in [3.63, 3.8) is 0 Å². The van der Waals surface area contributed by atoms with Crippen molar-refractivity contribution in [3.8, 4) is 16.4 Å². The van der Waals surface area contributed by atoms with E-state index in [9.17, 15) is 4.79 Å². The van der Waals surface area contributed by atoms with Gasteiger partial charge in [0.25, 0.3) is 5.91 Å². The summed E-state index contributed by atoms with van der Waals surface area (Å²) < 4.78 is 10.6. The third-order valence-electron chi connectivity index (χ3n) is 3.16. The maximum atomic E-state index is 12.5. The molecule has 0 atom stereocenters. The molecule has 0 aliphatic carbocycles. The predicted octanol–water partition coefficient (Wildman–Crippen LogP) is 4.63. The second-order valence-corrected chi connectivity index (χ2v) is 6.46. The van der Waals surface area contributed by atoms with Gasteiger partial charge in [0.05, 0.1) is 17.7 Å². The molecular formula is C16H13ClN2O3S. The molecule has 7 heteroatoms. The highest BCUT2D eigenvalue weighted by molar-refractivity contribution is 7.15. The summed E-state index contributed by atoms with van der Waals surface area (Å²) >= 11 is 7.51. The van der Waals surface area contributed by atoms with Crippen molar-refractivity contribution in [3.05, 3.63) is 52.3 Å². The van der Waals surface area contributed by atoms with Gasteiger partial charge in [0.2, 0.25) is 0 Å². The van der Waals surface area contributed by atoms with E-state index in [1.54, 1.807) is 18.2 Å². The molecule has 0 aliphatic heterocycles. The van der Waals surface area contributed by atoms with E-state index in [-0.39, 0.29) is 11.6 Å². The SMILES string of the molecule is COc1ccc(Cl)cc1NC(=O)c1ncoc1-c1ccc(C)s1. The molecule has 3 aromatic rings. The number of nitrogens with zero attached hydrogens (tertiary/aromatic N) is 1. The number of carbonyl (C=O) groups excluding carboxylic acids is 1. The number of benzene rings is 1. The van der Waals surface area contributed by atoms with Gasteiger partial charge in [-0.05, 0) is 37.3 Å². The Labute approximate surface area is 141 Å². The van der Waals surface area contributed by atoms with E-state index in [2.05, 4.69) is 10.3 Å². The first-order valence-corrected chi connectivity index (χ1v) is 7.93. The lowest BCUT2D eigenvalue weighted by molar-refractivity contribution is 0.102. The highest BCUT2D eigenvalue weighted by Gasteiger charge is 2.20. The molecular weight excluding hydrogens is 336 g/mol. The summed E-state index contributed by atoms with van der Waals surface area (Å²) in [6, 6.07) is 8.85. The molecule has 23 heavy (non-hydrogen) atoms. The van der Waals surface area contributed by atoms with Crippen molar-refractivity contribution in [1.29, 1.82) is 0 Å². The average Bonchev–Trinajstić information content (AvgIpc) is 3.15. The number of methoxy groups -OCH3 is 1. The molecule has 0 unspecified atom stereocenters. The molecule has 0 saturated carbocycles. The molecule has 2 heterocycles. The Morgan fingerprint density at radius 1 is 1.35 bits per heavy atom. The molecule has 1 aromatic carbocycles. The number of nitrogens with one attached hydrogen (secondary N) is 1. The summed E-state index contributed by atoms with van der Waals surface area (Å²) in [6.07, 6.45) is 1.26. The number of hydrogen-bond acceptors (Lipinski definition) is 5. The first-order valence-electron chi connectivity index (χ1n) is 6.73. The number of ether oxygens (including phenoxy) is 1. The van der Waals surface area contributed by atoms with Gasteiger partial charge in [-0.1, -0.05) is 11.6 Å². The quantitative estimate of drug-likeness (QED) is 0.746. The summed E-state index contributed by atoms with van der Waals surface area (Å²) in [5.74, 6) is 0.571. The van der Waals surface area contributed by atoms with Crippen molar-refractivity contribution in [1.82, 2.24) is 4.98 Å². The Morgan fingerprint density at radius 3 is 2.87 bits per heavy atom. The Bertz CT molecular complexity index is 857. The van der Waals surface area contributed by atoms with Crippen LogP contribution in [0.5, 0.6) is 5.75 Å². The normalized spacial score (nSPS) is 10.6. The van der Waals surface area contributed by atoms with Gasteiger partial charge < -0.3 is 14.5 Å². The molecule has 0 spiro atoms. The fraction of sp³-hybridized carbons (Fsp3) is 0.125. The number of oxazole rings is 1. The second kappa shape index (κ2) is 6.44. The number of hydrogen-bond donors (Lipinski definition) is 1. The second-order valence-electron chi connectivity index (χ2n) is 4.74. The third kappa shape index (κ3) is 3.23. The molecule has 3 rings (SSSR count). The van der Waals surface area contributed by atoms with E-state index in [0.717, 1.165) is 9.75 Å². The molecule has 0 aliphatic rings. The minimum atomic E-state index is -0.389. The van der Waals surface area contributed by atoms with Crippen LogP contribution in [0.1, 0.15) is 15.4 Å². The first-order chi connectivity index (χ1) is 11.1. The zero-order chi connectivity index (χ0) is 16.4. The molecule has 2 aromatic heterocycles. The molecule has 1 amide bonds. The van der Waals surface area contributed by atoms with Gasteiger partial charge in [0, 0.05) is 9.90 Å². The lowest BCUT2D eigenvalue weighted by Gasteiger charge is -2.09. The number of rotatable bonds is 4. The summed E-state index contributed by atoms with van der Waals surface area (Å²) in [7, 11) is 1.52. The van der Waals surface area contributed by atoms with Crippen molar-refractivity contribution in [2.45, 2.75) is 6.92 Å². The van der Waals surface area contributed by atoms with Crippen LogP contribution in [0.2, 0.25) is 5.02 Å². The van der Waals surface area contributed by atoms with Crippen LogP contribution in [-0.2, 0) is 0 Å². The molecule has 0 saturated heterocycles. The summed E-state index contributed by atoms with van der Waals surface area (Å²) in [6.45, 7) is 1.99. The van der Waals surface area contributed by atoms with Crippen LogP contribution >= 0.6 is 22.9 Å². The van der Waals surface area contributed by atoms with E-state index < -0.39 is 0 Å². The van der Waals surface area contributed by atoms with Gasteiger partial charge >= 0.3 is 0 Å². The zero-order valence-corrected chi connectivity index (χ0v) is 14.0. The first kappa shape index (κ1) is 15.6. The van der Waals surface area contributed by atoms with Gasteiger partial charge in [-0.25, -0.2) is 4.98 Å². The van der Waals surface area contributed by atoms with Crippen LogP contribution in [0, 0.1) is 6.92 Å². The number of amides is 1. The summed E-state index contributed by atoms with van der Waals surface area (Å²) in [5, 5.41) is 3.25. The third-order valence-corrected chi connectivity index (χ3v) is 4.39. The fourth-order valence-electron chi connectivity index (χ4n) is 2.10. The molecule has 5 nitrogen and oxygen atoms in total. The number of halogens is 1. The molecule has 1 N–H and O–H groups in total. The number of aromatic nitrogens is 1. The van der Waals surface area contributed by atoms with Gasteiger partial charge in [-0.2, -0.15) is 0 Å². The Balaban J connectivity index is 1.91. The van der Waals surface area contributed by atoms with Crippen molar-refractivity contribution < 1.29 is 13.9 Å². The van der Waals surface area contributed by atoms with Crippen molar-refractivity contribution in [2.24, 2.45) is 0 Å². The van der Waals surface area contributed by atoms with Crippen LogP contribution in [0.3, 0.4) is 0 Å². The van der Waals surface area contributed by atoms with Gasteiger partial charge in [-0.15, -0.1) is 11.3 Å². The van der Waals surface area contributed by atoms with Crippen LogP contribution < -0.4 is 10.1 Å². The van der Waals surface area contributed by atoms with E-state index in [0.29, 0.717) is 22.2 Å². The molecule has 0 radical (unpaired) electrons. The Morgan fingerprint density at radius 2 is 2.17 bits per heavy atom. The average molecular weight is 349 g/mol. The predicted molar refractivity (Wildman–Crippen MR) is 90.5 cm³/mol. The van der Waals surface area contributed by atoms with Gasteiger partial charge in [-0.3, -0.25) is 4.79 Å². The maximum Gasteiger partial charge on any atom is 0.278 e. The Hall–Kier alpha value is -2.31. The molecule has 118 valence electrons. The highest BCUT2D eigenvalue weighted by atomic mass is 35.5. The van der Waals surface area contributed by atoms with E-state index in [1.807, 2.05) is 19.1 Å². The lowest BCUT2D eigenvalue weighted by atomic mass is 10.2. The van der Waals surface area contributed by atoms with Crippen LogP contribution in [0.15, 0.2) is 41.1 Å². The number of aryl methyl sites for hydroxylation is 1. The minimum absolute atomic E-state index is 0.217. The number of anilines is 1. The van der Waals surface area contributed by atoms with Crippen molar-refractivity contribution >= 4 is 34.5 Å². The highest BCUT2D eigenvalue weighted by Crippen LogP contribution is 2.32. The van der Waals surface area contributed by atoms with Gasteiger partial charge in [0.1, 0.15) is 5.75 Å². The Kier molecular flexibility index (Phi) is 4.36. The fourth-order valence-corrected chi connectivity index (χ4v) is 3.13. The largest absolute Gasteiger partial charge is 0.495 e. The van der Waals surface area contributed by atoms with Gasteiger partial charge in [0.15, 0.2) is 17.8 Å². The topological polar surface area (TPSA) is 64.4 Å². The monoisotopic (exact) mass is 348 g/mol. The molecule has 0 bridgehead atoms. The van der Waals surface area contributed by atoms with Crippen LogP contribution in [0.25, 0.3) is 10.6 Å². The summed E-state index contributed by atoms with van der Waals surface area (Å²) in [4.78, 5) is 18.5. The van der Waals surface area contributed by atoms with Crippen LogP contribution in [-0.4, -0.2) is 18.0 Å². The van der Waals surface area contributed by atoms with E-state index in [4.69, 9.17) is 20.8 Å². The zero-order valence-electron chi connectivity index (χ0n) is 12.4. The summed E-state index contributed by atoms with van der Waals surface area (Å²) in [5.41, 5.74) is 0.690. The number of thiophene rings is 1. The van der Waals surface area contributed by atoms with Crippen molar-refractivity contribution in [2.75, 3.05) is 12.4 Å². The standard InChI is InChI=1S/C16H13ClN2O3S/c1-9-3-6-13(23-9)15-14(18-8-22-15)16(20)19-11-7-10(17)4-5-12(11)21-2/h3-8H,1-2H3,(H,19,20). The number of carbonyl (C=O) groups is 1. The molecule has 0 fully saturated rings. The smallest absolute Gasteiger partial charge is 0.278 e. The van der Waals surface area contributed by atoms with Crippen LogP contribution in [0.4, 0.5) is 5.69 Å². The maximum absolute atomic E-state index is 12.5. The lowest BCUT2D eigenvalue weighted by Crippen LogP contribution is -2.14. The van der Waals surface area contributed by atoms with E-state index >= 15 is 0 Å².